The van der Waals surface area contributed by atoms with Gasteiger partial charge in [-0.1, -0.05) is 5.57 Å². The Morgan fingerprint density at radius 3 is 2.62 bits per heavy atom. The SMILES string of the molecule is CCOC(=O)C(C)=C1CCSCC1. The van der Waals surface area contributed by atoms with Gasteiger partial charge in [-0.3, -0.25) is 0 Å². The van der Waals surface area contributed by atoms with Crippen LogP contribution in [0.25, 0.3) is 0 Å². The van der Waals surface area contributed by atoms with Gasteiger partial charge in [-0.15, -0.1) is 0 Å². The maximum atomic E-state index is 11.4. The van der Waals surface area contributed by atoms with E-state index in [1.807, 2.05) is 25.6 Å². The van der Waals surface area contributed by atoms with E-state index in [-0.39, 0.29) is 5.97 Å². The molecular formula is C10H16O2S. The van der Waals surface area contributed by atoms with E-state index in [4.69, 9.17) is 4.74 Å². The highest BCUT2D eigenvalue weighted by Gasteiger charge is 2.14. The molecule has 0 radical (unpaired) electrons. The first-order valence-corrected chi connectivity index (χ1v) is 5.84. The molecule has 0 aromatic heterocycles. The van der Waals surface area contributed by atoms with Crippen LogP contribution < -0.4 is 0 Å². The van der Waals surface area contributed by atoms with Crippen LogP contribution in [0.1, 0.15) is 26.7 Å². The summed E-state index contributed by atoms with van der Waals surface area (Å²) in [5, 5.41) is 0. The number of ether oxygens (including phenoxy) is 1. The lowest BCUT2D eigenvalue weighted by Crippen LogP contribution is -2.10. The van der Waals surface area contributed by atoms with Crippen molar-refractivity contribution in [3.8, 4) is 0 Å². The summed E-state index contributed by atoms with van der Waals surface area (Å²) in [7, 11) is 0. The van der Waals surface area contributed by atoms with E-state index in [0.717, 1.165) is 29.9 Å². The lowest BCUT2D eigenvalue weighted by Gasteiger charge is -2.15. The molecule has 3 heteroatoms. The Morgan fingerprint density at radius 2 is 2.08 bits per heavy atom. The smallest absolute Gasteiger partial charge is 0.333 e. The van der Waals surface area contributed by atoms with Gasteiger partial charge in [0.15, 0.2) is 0 Å². The molecule has 0 spiro atoms. The summed E-state index contributed by atoms with van der Waals surface area (Å²) in [4.78, 5) is 11.4. The summed E-state index contributed by atoms with van der Waals surface area (Å²) in [5.74, 6) is 2.16. The zero-order chi connectivity index (χ0) is 9.68. The summed E-state index contributed by atoms with van der Waals surface area (Å²) in [6.45, 7) is 4.19. The summed E-state index contributed by atoms with van der Waals surface area (Å²) < 4.78 is 4.95. The summed E-state index contributed by atoms with van der Waals surface area (Å²) in [6, 6.07) is 0. The van der Waals surface area contributed by atoms with Crippen LogP contribution in [0, 0.1) is 0 Å². The normalized spacial score (nSPS) is 16.9. The minimum atomic E-state index is -0.135. The van der Waals surface area contributed by atoms with Crippen molar-refractivity contribution in [3.63, 3.8) is 0 Å². The van der Waals surface area contributed by atoms with Gasteiger partial charge in [-0.05, 0) is 38.2 Å². The first kappa shape index (κ1) is 10.6. The summed E-state index contributed by atoms with van der Waals surface area (Å²) >= 11 is 1.95. The number of carbonyl (C=O) groups is 1. The highest BCUT2D eigenvalue weighted by molar-refractivity contribution is 7.99. The van der Waals surface area contributed by atoms with Crippen LogP contribution in [0.2, 0.25) is 0 Å². The molecule has 0 aromatic rings. The Bertz CT molecular complexity index is 213. The predicted molar refractivity (Wildman–Crippen MR) is 55.9 cm³/mol. The number of hydrogen-bond donors (Lipinski definition) is 0. The molecule has 1 rings (SSSR count). The molecule has 13 heavy (non-hydrogen) atoms. The lowest BCUT2D eigenvalue weighted by atomic mass is 10.0. The second kappa shape index (κ2) is 5.32. The molecule has 0 bridgehead atoms. The van der Waals surface area contributed by atoms with Crippen LogP contribution >= 0.6 is 11.8 Å². The van der Waals surface area contributed by atoms with Crippen molar-refractivity contribution in [2.45, 2.75) is 26.7 Å². The Kier molecular flexibility index (Phi) is 4.36. The highest BCUT2D eigenvalue weighted by Crippen LogP contribution is 2.24. The zero-order valence-electron chi connectivity index (χ0n) is 8.26. The average molecular weight is 200 g/mol. The van der Waals surface area contributed by atoms with Gasteiger partial charge in [0.1, 0.15) is 0 Å². The molecule has 0 atom stereocenters. The lowest BCUT2D eigenvalue weighted by molar-refractivity contribution is -0.138. The molecule has 74 valence electrons. The van der Waals surface area contributed by atoms with Crippen molar-refractivity contribution in [3.05, 3.63) is 11.1 Å². The number of rotatable bonds is 2. The van der Waals surface area contributed by atoms with Gasteiger partial charge in [0, 0.05) is 5.57 Å². The predicted octanol–water partition coefficient (Wildman–Crippen LogP) is 2.39. The maximum absolute atomic E-state index is 11.4. The topological polar surface area (TPSA) is 26.3 Å². The molecule has 0 aromatic carbocycles. The second-order valence-electron chi connectivity index (χ2n) is 3.06. The van der Waals surface area contributed by atoms with Gasteiger partial charge >= 0.3 is 5.97 Å². The van der Waals surface area contributed by atoms with E-state index in [1.54, 1.807) is 0 Å². The molecule has 0 saturated carbocycles. The highest BCUT2D eigenvalue weighted by atomic mass is 32.2. The molecular weight excluding hydrogens is 184 g/mol. The van der Waals surface area contributed by atoms with Crippen LogP contribution in [0.4, 0.5) is 0 Å². The fraction of sp³-hybridized carbons (Fsp3) is 0.700. The monoisotopic (exact) mass is 200 g/mol. The van der Waals surface area contributed by atoms with E-state index in [9.17, 15) is 4.79 Å². The molecule has 0 unspecified atom stereocenters. The Morgan fingerprint density at radius 1 is 1.46 bits per heavy atom. The first-order valence-electron chi connectivity index (χ1n) is 4.69. The van der Waals surface area contributed by atoms with Crippen molar-refractivity contribution in [2.24, 2.45) is 0 Å². The minimum absolute atomic E-state index is 0.135. The molecule has 1 aliphatic heterocycles. The van der Waals surface area contributed by atoms with Crippen molar-refractivity contribution < 1.29 is 9.53 Å². The van der Waals surface area contributed by atoms with Crippen molar-refractivity contribution in [1.29, 1.82) is 0 Å². The van der Waals surface area contributed by atoms with Crippen LogP contribution in [0.3, 0.4) is 0 Å². The van der Waals surface area contributed by atoms with Gasteiger partial charge in [-0.25, -0.2) is 4.79 Å². The first-order chi connectivity index (χ1) is 6.25. The van der Waals surface area contributed by atoms with Gasteiger partial charge in [0.05, 0.1) is 6.61 Å². The van der Waals surface area contributed by atoms with Crippen LogP contribution in [0.5, 0.6) is 0 Å². The Balaban J connectivity index is 2.60. The standard InChI is InChI=1S/C10H16O2S/c1-3-12-10(11)8(2)9-4-6-13-7-5-9/h3-7H2,1-2H3. The average Bonchev–Trinajstić information content (AvgIpc) is 2.18. The van der Waals surface area contributed by atoms with Gasteiger partial charge in [-0.2, -0.15) is 11.8 Å². The molecule has 1 saturated heterocycles. The van der Waals surface area contributed by atoms with Crippen molar-refractivity contribution in [1.82, 2.24) is 0 Å². The molecule has 1 fully saturated rings. The second-order valence-corrected chi connectivity index (χ2v) is 4.29. The fourth-order valence-corrected chi connectivity index (χ4v) is 2.36. The van der Waals surface area contributed by atoms with E-state index in [0.29, 0.717) is 6.61 Å². The third-order valence-electron chi connectivity index (χ3n) is 2.21. The summed E-state index contributed by atoms with van der Waals surface area (Å²) in [6.07, 6.45) is 2.10. The number of thioether (sulfide) groups is 1. The Hall–Kier alpha value is -0.440. The molecule has 1 heterocycles. The molecule has 0 aliphatic carbocycles. The zero-order valence-corrected chi connectivity index (χ0v) is 9.08. The van der Waals surface area contributed by atoms with E-state index >= 15 is 0 Å². The molecule has 0 N–H and O–H groups in total. The van der Waals surface area contributed by atoms with Gasteiger partial charge < -0.3 is 4.74 Å². The van der Waals surface area contributed by atoms with E-state index in [1.165, 1.54) is 5.57 Å². The molecule has 1 aliphatic rings. The maximum Gasteiger partial charge on any atom is 0.333 e. The van der Waals surface area contributed by atoms with E-state index < -0.39 is 0 Å². The number of hydrogen-bond acceptors (Lipinski definition) is 3. The minimum Gasteiger partial charge on any atom is -0.463 e. The molecule has 0 amide bonds. The third-order valence-corrected chi connectivity index (χ3v) is 3.19. The van der Waals surface area contributed by atoms with Crippen LogP contribution in [-0.2, 0) is 9.53 Å². The third kappa shape index (κ3) is 3.07. The van der Waals surface area contributed by atoms with E-state index in [2.05, 4.69) is 0 Å². The Labute approximate surface area is 83.7 Å². The van der Waals surface area contributed by atoms with Crippen molar-refractivity contribution >= 4 is 17.7 Å². The number of allylic oxidation sites excluding steroid dienone is 1. The van der Waals surface area contributed by atoms with Gasteiger partial charge in [0.25, 0.3) is 0 Å². The summed E-state index contributed by atoms with van der Waals surface area (Å²) in [5.41, 5.74) is 2.12. The van der Waals surface area contributed by atoms with Crippen molar-refractivity contribution in [2.75, 3.05) is 18.1 Å². The van der Waals surface area contributed by atoms with Gasteiger partial charge in [0.2, 0.25) is 0 Å². The fourth-order valence-electron chi connectivity index (χ4n) is 1.38. The largest absolute Gasteiger partial charge is 0.463 e. The molecule has 2 nitrogen and oxygen atoms in total. The quantitative estimate of drug-likeness (QED) is 0.506. The number of esters is 1. The van der Waals surface area contributed by atoms with Crippen LogP contribution in [-0.4, -0.2) is 24.1 Å². The number of carbonyl (C=O) groups excluding carboxylic acids is 1. The van der Waals surface area contributed by atoms with Crippen LogP contribution in [0.15, 0.2) is 11.1 Å².